The Balaban J connectivity index is 1.38. The summed E-state index contributed by atoms with van der Waals surface area (Å²) in [5.74, 6) is 1.04. The number of benzene rings is 3. The zero-order chi connectivity index (χ0) is 27.4. The topological polar surface area (TPSA) is 86.2 Å². The summed E-state index contributed by atoms with van der Waals surface area (Å²) >= 11 is 0. The number of rotatable bonds is 9. The Hall–Kier alpha value is -3.66. The second kappa shape index (κ2) is 11.6. The van der Waals surface area contributed by atoms with Crippen molar-refractivity contribution in [3.8, 4) is 11.5 Å². The Labute approximate surface area is 230 Å². The number of nitrogens with zero attached hydrogens (tertiary/aromatic N) is 4. The first-order valence-electron chi connectivity index (χ1n) is 13.1. The lowest BCUT2D eigenvalue weighted by atomic mass is 10.0. The number of aromatic hydroxyl groups is 1. The molecular weight excluding hydrogens is 512 g/mol. The van der Waals surface area contributed by atoms with E-state index in [1.807, 2.05) is 36.4 Å². The number of fused-ring (bicyclic) bond motifs is 1. The van der Waals surface area contributed by atoms with Crippen LogP contribution < -0.4 is 9.64 Å². The number of anilines is 1. The van der Waals surface area contributed by atoms with Crippen LogP contribution in [0, 0.1) is 0 Å². The van der Waals surface area contributed by atoms with E-state index in [4.69, 9.17) is 4.74 Å². The van der Waals surface area contributed by atoms with Crippen molar-refractivity contribution in [3.05, 3.63) is 90.8 Å². The molecule has 1 aromatic heterocycles. The van der Waals surface area contributed by atoms with Gasteiger partial charge in [-0.05, 0) is 48.4 Å². The first-order valence-corrected chi connectivity index (χ1v) is 14.5. The van der Waals surface area contributed by atoms with E-state index in [2.05, 4.69) is 20.9 Å². The van der Waals surface area contributed by atoms with E-state index < -0.39 is 10.0 Å². The predicted molar refractivity (Wildman–Crippen MR) is 154 cm³/mol. The van der Waals surface area contributed by atoms with Gasteiger partial charge >= 0.3 is 0 Å². The van der Waals surface area contributed by atoms with Crippen molar-refractivity contribution in [2.24, 2.45) is 0 Å². The molecule has 1 unspecified atom stereocenters. The lowest BCUT2D eigenvalue weighted by Crippen LogP contribution is -2.52. The van der Waals surface area contributed by atoms with Gasteiger partial charge in [-0.1, -0.05) is 36.4 Å². The zero-order valence-electron chi connectivity index (χ0n) is 22.3. The third-order valence-electron chi connectivity index (χ3n) is 7.49. The maximum atomic E-state index is 14.0. The molecule has 1 aliphatic rings. The molecule has 4 aromatic rings. The van der Waals surface area contributed by atoms with Crippen molar-refractivity contribution in [2.75, 3.05) is 51.8 Å². The molecule has 204 valence electrons. The largest absolute Gasteiger partial charge is 0.508 e. The van der Waals surface area contributed by atoms with Crippen LogP contribution in [0.2, 0.25) is 0 Å². The number of ether oxygens (including phenoxy) is 1. The van der Waals surface area contributed by atoms with Crippen LogP contribution in [0.15, 0.2) is 90.1 Å². The Morgan fingerprint density at radius 3 is 2.46 bits per heavy atom. The first kappa shape index (κ1) is 26.9. The number of para-hydroxylation sites is 2. The van der Waals surface area contributed by atoms with Crippen molar-refractivity contribution >= 4 is 26.5 Å². The lowest BCUT2D eigenvalue weighted by molar-refractivity contribution is 0.200. The number of phenols is 1. The van der Waals surface area contributed by atoms with E-state index in [0.717, 1.165) is 48.6 Å². The molecule has 9 heteroatoms. The highest BCUT2D eigenvalue weighted by atomic mass is 32.2. The van der Waals surface area contributed by atoms with Crippen LogP contribution in [0.4, 0.5) is 5.69 Å². The summed E-state index contributed by atoms with van der Waals surface area (Å²) in [6.07, 6.45) is 3.83. The standard InChI is InChI=1S/C30H34N4O4S/c1-32(39(36,37)30-9-5-6-24-21-31-15-14-27(24)30)25(20-23-10-12-26(35)13-11-23)22-33-16-18-34(19-17-33)28-7-3-4-8-29(28)38-2/h3-15,21,25,35H,16-20,22H2,1-2H3. The number of hydrogen-bond acceptors (Lipinski definition) is 7. The third-order valence-corrected chi connectivity index (χ3v) is 9.45. The van der Waals surface area contributed by atoms with Crippen LogP contribution in [0.1, 0.15) is 5.56 Å². The predicted octanol–water partition coefficient (Wildman–Crippen LogP) is 4.00. The summed E-state index contributed by atoms with van der Waals surface area (Å²) in [5.41, 5.74) is 2.04. The van der Waals surface area contributed by atoms with Crippen molar-refractivity contribution in [2.45, 2.75) is 17.4 Å². The minimum atomic E-state index is -3.80. The SMILES string of the molecule is COc1ccccc1N1CCN(CC(Cc2ccc(O)cc2)N(C)S(=O)(=O)c2cccc3cnccc23)CC1. The molecule has 1 fully saturated rings. The van der Waals surface area contributed by atoms with Crippen LogP contribution >= 0.6 is 0 Å². The fraction of sp³-hybridized carbons (Fsp3) is 0.300. The highest BCUT2D eigenvalue weighted by Crippen LogP contribution is 2.30. The average molecular weight is 547 g/mol. The number of pyridine rings is 1. The first-order chi connectivity index (χ1) is 18.9. The minimum absolute atomic E-state index is 0.188. The summed E-state index contributed by atoms with van der Waals surface area (Å²) in [5, 5.41) is 11.2. The number of piperazine rings is 1. The van der Waals surface area contributed by atoms with Gasteiger partial charge in [-0.25, -0.2) is 8.42 Å². The third kappa shape index (κ3) is 5.85. The zero-order valence-corrected chi connectivity index (χ0v) is 23.1. The van der Waals surface area contributed by atoms with Crippen molar-refractivity contribution in [1.29, 1.82) is 0 Å². The molecular formula is C30H34N4O4S. The molecule has 0 aliphatic carbocycles. The Kier molecular flexibility index (Phi) is 8.02. The highest BCUT2D eigenvalue weighted by molar-refractivity contribution is 7.89. The molecule has 1 atom stereocenters. The van der Waals surface area contributed by atoms with Gasteiger partial charge < -0.3 is 14.7 Å². The van der Waals surface area contributed by atoms with Crippen molar-refractivity contribution in [3.63, 3.8) is 0 Å². The molecule has 0 saturated carbocycles. The molecule has 2 heterocycles. The normalized spacial score (nSPS) is 15.5. The van der Waals surface area contributed by atoms with E-state index >= 15 is 0 Å². The monoisotopic (exact) mass is 546 g/mol. The number of sulfonamides is 1. The lowest BCUT2D eigenvalue weighted by Gasteiger charge is -2.39. The highest BCUT2D eigenvalue weighted by Gasteiger charge is 2.32. The molecule has 39 heavy (non-hydrogen) atoms. The molecule has 0 amide bonds. The Morgan fingerprint density at radius 2 is 1.72 bits per heavy atom. The number of hydrogen-bond donors (Lipinski definition) is 1. The van der Waals surface area contributed by atoms with Crippen LogP contribution in [0.3, 0.4) is 0 Å². The van der Waals surface area contributed by atoms with E-state index in [1.54, 1.807) is 56.9 Å². The van der Waals surface area contributed by atoms with Gasteiger partial charge in [0.25, 0.3) is 0 Å². The van der Waals surface area contributed by atoms with Gasteiger partial charge in [-0.15, -0.1) is 0 Å². The van der Waals surface area contributed by atoms with Gasteiger partial charge in [0.05, 0.1) is 17.7 Å². The van der Waals surface area contributed by atoms with Crippen molar-refractivity contribution in [1.82, 2.24) is 14.2 Å². The van der Waals surface area contributed by atoms with E-state index in [1.165, 1.54) is 4.31 Å². The number of aromatic nitrogens is 1. The van der Waals surface area contributed by atoms with Gasteiger partial charge in [0.1, 0.15) is 11.5 Å². The van der Waals surface area contributed by atoms with Gasteiger partial charge in [0, 0.05) is 69.0 Å². The van der Waals surface area contributed by atoms with Gasteiger partial charge in [-0.2, -0.15) is 4.31 Å². The quantitative estimate of drug-likeness (QED) is 0.340. The van der Waals surface area contributed by atoms with Crippen LogP contribution in [-0.2, 0) is 16.4 Å². The maximum absolute atomic E-state index is 14.0. The van der Waals surface area contributed by atoms with E-state index in [9.17, 15) is 13.5 Å². The van der Waals surface area contributed by atoms with Gasteiger partial charge in [-0.3, -0.25) is 9.88 Å². The summed E-state index contributed by atoms with van der Waals surface area (Å²) in [7, 11) is -0.446. The maximum Gasteiger partial charge on any atom is 0.243 e. The van der Waals surface area contributed by atoms with Crippen LogP contribution in [-0.4, -0.2) is 80.6 Å². The summed E-state index contributed by atoms with van der Waals surface area (Å²) < 4.78 is 35.1. The molecule has 8 nitrogen and oxygen atoms in total. The molecule has 0 spiro atoms. The Morgan fingerprint density at radius 1 is 0.974 bits per heavy atom. The van der Waals surface area contributed by atoms with Gasteiger partial charge in [0.2, 0.25) is 10.0 Å². The smallest absolute Gasteiger partial charge is 0.243 e. The van der Waals surface area contributed by atoms with Crippen molar-refractivity contribution < 1.29 is 18.3 Å². The minimum Gasteiger partial charge on any atom is -0.508 e. The number of methoxy groups -OCH3 is 1. The molecule has 3 aromatic carbocycles. The second-order valence-electron chi connectivity index (χ2n) is 9.86. The molecule has 1 aliphatic heterocycles. The molecule has 1 saturated heterocycles. The fourth-order valence-electron chi connectivity index (χ4n) is 5.24. The van der Waals surface area contributed by atoms with E-state index in [-0.39, 0.29) is 16.7 Å². The van der Waals surface area contributed by atoms with Crippen LogP contribution in [0.5, 0.6) is 11.5 Å². The summed E-state index contributed by atoms with van der Waals surface area (Å²) in [6.45, 7) is 3.83. The van der Waals surface area contributed by atoms with E-state index in [0.29, 0.717) is 18.4 Å². The second-order valence-corrected chi connectivity index (χ2v) is 11.8. The van der Waals surface area contributed by atoms with Gasteiger partial charge in [0.15, 0.2) is 0 Å². The molecule has 0 radical (unpaired) electrons. The van der Waals surface area contributed by atoms with Crippen LogP contribution in [0.25, 0.3) is 10.8 Å². The number of phenolic OH excluding ortho intramolecular Hbond substituents is 1. The molecule has 1 N–H and O–H groups in total. The summed E-state index contributed by atoms with van der Waals surface area (Å²) in [4.78, 5) is 9.07. The summed E-state index contributed by atoms with van der Waals surface area (Å²) in [6, 6.07) is 21.8. The fourth-order valence-corrected chi connectivity index (χ4v) is 6.80. The Bertz CT molecular complexity index is 1510. The number of likely N-dealkylation sites (N-methyl/N-ethyl adjacent to an activating group) is 1. The molecule has 5 rings (SSSR count). The average Bonchev–Trinajstić information content (AvgIpc) is 2.97. The molecule has 0 bridgehead atoms.